The minimum atomic E-state index is 0.721. The molecule has 0 spiro atoms. The summed E-state index contributed by atoms with van der Waals surface area (Å²) in [4.78, 5) is 6.88. The predicted molar refractivity (Wildman–Crippen MR) is 84.4 cm³/mol. The van der Waals surface area contributed by atoms with Crippen LogP contribution in [0.3, 0.4) is 0 Å². The minimum absolute atomic E-state index is 0.721. The Bertz CT molecular complexity index is 612. The van der Waals surface area contributed by atoms with Crippen molar-refractivity contribution in [2.24, 2.45) is 0 Å². The van der Waals surface area contributed by atoms with Gasteiger partial charge in [-0.15, -0.1) is 0 Å². The Hall–Kier alpha value is -1.62. The normalized spacial score (nSPS) is 15.4. The summed E-state index contributed by atoms with van der Waals surface area (Å²) in [5.74, 6) is 3.83. The summed E-state index contributed by atoms with van der Waals surface area (Å²) in [7, 11) is 3.31. The smallest absolute Gasteiger partial charge is 0.162 e. The number of fused-ring (bicyclic) bond motifs is 1. The molecule has 1 aromatic heterocycles. The van der Waals surface area contributed by atoms with E-state index in [1.165, 1.54) is 17.2 Å². The van der Waals surface area contributed by atoms with Crippen LogP contribution in [0.15, 0.2) is 24.4 Å². The first kappa shape index (κ1) is 13.4. The van der Waals surface area contributed by atoms with E-state index in [-0.39, 0.29) is 0 Å². The van der Waals surface area contributed by atoms with Crippen LogP contribution in [0.1, 0.15) is 0 Å². The fourth-order valence-corrected chi connectivity index (χ4v) is 3.44. The lowest BCUT2D eigenvalue weighted by Gasteiger charge is -2.29. The molecule has 1 aliphatic heterocycles. The molecule has 3 rings (SSSR count). The number of pyridine rings is 1. The average Bonchev–Trinajstić information content (AvgIpc) is 2.53. The van der Waals surface area contributed by atoms with Gasteiger partial charge in [0.25, 0.3) is 0 Å². The Kier molecular flexibility index (Phi) is 3.87. The number of methoxy groups -OCH3 is 2. The molecule has 5 heteroatoms. The molecule has 1 aliphatic rings. The van der Waals surface area contributed by atoms with E-state index >= 15 is 0 Å². The first-order valence-electron chi connectivity index (χ1n) is 6.67. The SMILES string of the molecule is COc1cc2nccc(N3CCSCC3)c2cc1OC. The third kappa shape index (κ3) is 2.38. The summed E-state index contributed by atoms with van der Waals surface area (Å²) in [5.41, 5.74) is 2.18. The van der Waals surface area contributed by atoms with E-state index in [0.717, 1.165) is 35.5 Å². The molecule has 0 amide bonds. The van der Waals surface area contributed by atoms with Crippen molar-refractivity contribution in [3.63, 3.8) is 0 Å². The van der Waals surface area contributed by atoms with Crippen molar-refractivity contribution in [1.82, 2.24) is 4.98 Å². The number of thioether (sulfide) groups is 1. The number of hydrogen-bond acceptors (Lipinski definition) is 5. The zero-order chi connectivity index (χ0) is 13.9. The number of aromatic nitrogens is 1. The van der Waals surface area contributed by atoms with Crippen molar-refractivity contribution in [3.8, 4) is 11.5 Å². The summed E-state index contributed by atoms with van der Waals surface area (Å²) in [6, 6.07) is 6.05. The number of hydrogen-bond donors (Lipinski definition) is 0. The average molecular weight is 290 g/mol. The molecule has 106 valence electrons. The van der Waals surface area contributed by atoms with Crippen molar-refractivity contribution < 1.29 is 9.47 Å². The minimum Gasteiger partial charge on any atom is -0.493 e. The van der Waals surface area contributed by atoms with E-state index in [9.17, 15) is 0 Å². The molecular formula is C15H18N2O2S. The molecule has 1 saturated heterocycles. The van der Waals surface area contributed by atoms with Gasteiger partial charge >= 0.3 is 0 Å². The molecule has 4 nitrogen and oxygen atoms in total. The van der Waals surface area contributed by atoms with Crippen LogP contribution in [0.5, 0.6) is 11.5 Å². The zero-order valence-electron chi connectivity index (χ0n) is 11.8. The molecular weight excluding hydrogens is 272 g/mol. The van der Waals surface area contributed by atoms with Gasteiger partial charge < -0.3 is 14.4 Å². The van der Waals surface area contributed by atoms with Gasteiger partial charge in [0.05, 0.1) is 19.7 Å². The second-order valence-electron chi connectivity index (χ2n) is 4.65. The molecule has 0 saturated carbocycles. The molecule has 0 unspecified atom stereocenters. The first-order chi connectivity index (χ1) is 9.83. The van der Waals surface area contributed by atoms with Crippen LogP contribution >= 0.6 is 11.8 Å². The Morgan fingerprint density at radius 2 is 1.80 bits per heavy atom. The second-order valence-corrected chi connectivity index (χ2v) is 5.88. The third-order valence-corrected chi connectivity index (χ3v) is 4.52. The molecule has 2 aromatic rings. The molecule has 0 atom stereocenters. The van der Waals surface area contributed by atoms with Crippen LogP contribution in [0, 0.1) is 0 Å². The highest BCUT2D eigenvalue weighted by Gasteiger charge is 2.16. The summed E-state index contributed by atoms with van der Waals surface area (Å²) < 4.78 is 10.8. The molecule has 1 fully saturated rings. The molecule has 1 aromatic carbocycles. The highest BCUT2D eigenvalue weighted by Crippen LogP contribution is 2.36. The van der Waals surface area contributed by atoms with Gasteiger partial charge in [-0.1, -0.05) is 0 Å². The van der Waals surface area contributed by atoms with Crippen LogP contribution < -0.4 is 14.4 Å². The molecule has 0 radical (unpaired) electrons. The fourth-order valence-electron chi connectivity index (χ4n) is 2.54. The van der Waals surface area contributed by atoms with E-state index < -0.39 is 0 Å². The van der Waals surface area contributed by atoms with Gasteiger partial charge in [0.2, 0.25) is 0 Å². The lowest BCUT2D eigenvalue weighted by atomic mass is 10.1. The van der Waals surface area contributed by atoms with Crippen molar-refractivity contribution in [1.29, 1.82) is 0 Å². The molecule has 0 aliphatic carbocycles. The number of rotatable bonds is 3. The van der Waals surface area contributed by atoms with Gasteiger partial charge in [-0.3, -0.25) is 4.98 Å². The third-order valence-electron chi connectivity index (χ3n) is 3.58. The van der Waals surface area contributed by atoms with Crippen LogP contribution in [0.4, 0.5) is 5.69 Å². The van der Waals surface area contributed by atoms with Crippen LogP contribution in [-0.2, 0) is 0 Å². The first-order valence-corrected chi connectivity index (χ1v) is 7.82. The lowest BCUT2D eigenvalue weighted by Crippen LogP contribution is -2.32. The fraction of sp³-hybridized carbons (Fsp3) is 0.400. The highest BCUT2D eigenvalue weighted by molar-refractivity contribution is 7.99. The number of nitrogens with zero attached hydrogens (tertiary/aromatic N) is 2. The van der Waals surface area contributed by atoms with Crippen LogP contribution in [-0.4, -0.2) is 43.8 Å². The Morgan fingerprint density at radius 1 is 1.10 bits per heavy atom. The zero-order valence-corrected chi connectivity index (χ0v) is 12.6. The largest absolute Gasteiger partial charge is 0.493 e. The molecule has 0 bridgehead atoms. The molecule has 20 heavy (non-hydrogen) atoms. The lowest BCUT2D eigenvalue weighted by molar-refractivity contribution is 0.356. The second kappa shape index (κ2) is 5.79. The molecule has 2 heterocycles. The van der Waals surface area contributed by atoms with E-state index in [2.05, 4.69) is 16.0 Å². The monoisotopic (exact) mass is 290 g/mol. The maximum atomic E-state index is 5.41. The maximum Gasteiger partial charge on any atom is 0.162 e. The van der Waals surface area contributed by atoms with E-state index in [1.807, 2.05) is 30.1 Å². The predicted octanol–water partition coefficient (Wildman–Crippen LogP) is 2.81. The topological polar surface area (TPSA) is 34.6 Å². The van der Waals surface area contributed by atoms with Gasteiger partial charge in [-0.25, -0.2) is 0 Å². The summed E-state index contributed by atoms with van der Waals surface area (Å²) in [6.45, 7) is 2.16. The van der Waals surface area contributed by atoms with Crippen molar-refractivity contribution in [2.45, 2.75) is 0 Å². The highest BCUT2D eigenvalue weighted by atomic mass is 32.2. The van der Waals surface area contributed by atoms with E-state index in [1.54, 1.807) is 14.2 Å². The summed E-state index contributed by atoms with van der Waals surface area (Å²) in [5, 5.41) is 1.12. The van der Waals surface area contributed by atoms with E-state index in [0.29, 0.717) is 0 Å². The summed E-state index contributed by atoms with van der Waals surface area (Å²) in [6.07, 6.45) is 1.87. The quantitative estimate of drug-likeness (QED) is 0.868. The van der Waals surface area contributed by atoms with Gasteiger partial charge in [0.1, 0.15) is 0 Å². The Labute approximate surface area is 123 Å². The molecule has 0 N–H and O–H groups in total. The van der Waals surface area contributed by atoms with Crippen molar-refractivity contribution in [3.05, 3.63) is 24.4 Å². The van der Waals surface area contributed by atoms with Crippen LogP contribution in [0.2, 0.25) is 0 Å². The number of anilines is 1. The number of ether oxygens (including phenoxy) is 2. The van der Waals surface area contributed by atoms with E-state index in [4.69, 9.17) is 9.47 Å². The van der Waals surface area contributed by atoms with Gasteiger partial charge in [0.15, 0.2) is 11.5 Å². The standard InChI is InChI=1S/C15H18N2O2S/c1-18-14-9-11-12(10-15(14)19-2)16-4-3-13(11)17-5-7-20-8-6-17/h3-4,9-10H,5-8H2,1-2H3. The van der Waals surface area contributed by atoms with Crippen LogP contribution in [0.25, 0.3) is 10.9 Å². The van der Waals surface area contributed by atoms with Crippen molar-refractivity contribution >= 4 is 28.4 Å². The van der Waals surface area contributed by atoms with Gasteiger partial charge in [0, 0.05) is 47.9 Å². The van der Waals surface area contributed by atoms with Crippen molar-refractivity contribution in [2.75, 3.05) is 43.7 Å². The van der Waals surface area contributed by atoms with Gasteiger partial charge in [-0.05, 0) is 12.1 Å². The Morgan fingerprint density at radius 3 is 2.50 bits per heavy atom. The summed E-state index contributed by atoms with van der Waals surface area (Å²) >= 11 is 2.01. The number of benzene rings is 1. The maximum absolute atomic E-state index is 5.41. The van der Waals surface area contributed by atoms with Gasteiger partial charge in [-0.2, -0.15) is 11.8 Å². The Balaban J connectivity index is 2.12.